The first-order valence-corrected chi connectivity index (χ1v) is 11.3. The maximum atomic E-state index is 12.7. The lowest BCUT2D eigenvalue weighted by molar-refractivity contribution is 0.467. The highest BCUT2D eigenvalue weighted by molar-refractivity contribution is 7.89. The second-order valence-corrected chi connectivity index (χ2v) is 9.01. The van der Waals surface area contributed by atoms with E-state index in [4.69, 9.17) is 0 Å². The Morgan fingerprint density at radius 2 is 1.48 bits per heavy atom. The van der Waals surface area contributed by atoms with Crippen LogP contribution in [0.4, 0.5) is 5.69 Å². The molecule has 4 nitrogen and oxygen atoms in total. The molecular formula is C22H32N2O2S. The number of nitrogens with one attached hydrogen (secondary N) is 1. The molecule has 148 valence electrons. The molecule has 0 spiro atoms. The average molecular weight is 389 g/mol. The minimum Gasteiger partial charge on any atom is -0.385 e. The number of rotatable bonds is 12. The topological polar surface area (TPSA) is 49.4 Å². The summed E-state index contributed by atoms with van der Waals surface area (Å²) < 4.78 is 26.9. The molecule has 0 saturated heterocycles. The van der Waals surface area contributed by atoms with E-state index in [0.717, 1.165) is 24.2 Å². The fourth-order valence-electron chi connectivity index (χ4n) is 2.99. The molecule has 2 aromatic carbocycles. The molecule has 0 atom stereocenters. The van der Waals surface area contributed by atoms with Gasteiger partial charge in [-0.15, -0.1) is 0 Å². The highest BCUT2D eigenvalue weighted by Gasteiger charge is 2.20. The molecule has 27 heavy (non-hydrogen) atoms. The normalized spacial score (nSPS) is 11.7. The monoisotopic (exact) mass is 388 g/mol. The van der Waals surface area contributed by atoms with Gasteiger partial charge >= 0.3 is 0 Å². The fourth-order valence-corrected chi connectivity index (χ4v) is 4.15. The van der Waals surface area contributed by atoms with Crippen molar-refractivity contribution >= 4 is 15.7 Å². The molecule has 0 aromatic heterocycles. The van der Waals surface area contributed by atoms with Crippen LogP contribution in [0, 0.1) is 0 Å². The van der Waals surface area contributed by atoms with E-state index in [0.29, 0.717) is 11.4 Å². The first-order valence-electron chi connectivity index (χ1n) is 9.88. The van der Waals surface area contributed by atoms with E-state index >= 15 is 0 Å². The Bertz CT molecular complexity index is 759. The van der Waals surface area contributed by atoms with Gasteiger partial charge in [0.25, 0.3) is 0 Å². The second-order valence-electron chi connectivity index (χ2n) is 6.97. The standard InChI is InChI=1S/C22H32N2O2S/c1-3-4-5-6-7-11-18-23-21-14-16-22(17-15-21)27(25,26)24(2)19-20-12-9-8-10-13-20/h8-10,12-17,23H,3-7,11,18-19H2,1-2H3. The van der Waals surface area contributed by atoms with Crippen molar-refractivity contribution in [1.29, 1.82) is 0 Å². The van der Waals surface area contributed by atoms with E-state index in [2.05, 4.69) is 12.2 Å². The van der Waals surface area contributed by atoms with Gasteiger partial charge in [-0.2, -0.15) is 4.31 Å². The van der Waals surface area contributed by atoms with E-state index in [1.165, 1.54) is 36.4 Å². The second kappa shape index (κ2) is 11.1. The lowest BCUT2D eigenvalue weighted by atomic mass is 10.1. The van der Waals surface area contributed by atoms with Gasteiger partial charge in [-0.05, 0) is 36.2 Å². The molecule has 0 amide bonds. The summed E-state index contributed by atoms with van der Waals surface area (Å²) in [5.74, 6) is 0. The quantitative estimate of drug-likeness (QED) is 0.503. The molecule has 0 saturated carbocycles. The predicted octanol–water partition coefficient (Wildman–Crippen LogP) is 5.28. The van der Waals surface area contributed by atoms with Gasteiger partial charge in [-0.1, -0.05) is 69.4 Å². The van der Waals surface area contributed by atoms with E-state index in [1.807, 2.05) is 42.5 Å². The molecule has 0 bridgehead atoms. The molecule has 0 aliphatic heterocycles. The molecule has 0 heterocycles. The van der Waals surface area contributed by atoms with Crippen LogP contribution < -0.4 is 5.32 Å². The molecular weight excluding hydrogens is 356 g/mol. The highest BCUT2D eigenvalue weighted by Crippen LogP contribution is 2.19. The largest absolute Gasteiger partial charge is 0.385 e. The van der Waals surface area contributed by atoms with Gasteiger partial charge in [-0.25, -0.2) is 8.42 Å². The summed E-state index contributed by atoms with van der Waals surface area (Å²) in [4.78, 5) is 0.325. The fraction of sp³-hybridized carbons (Fsp3) is 0.455. The van der Waals surface area contributed by atoms with Gasteiger partial charge < -0.3 is 5.32 Å². The Kier molecular flexibility index (Phi) is 8.82. The van der Waals surface area contributed by atoms with Gasteiger partial charge in [0.05, 0.1) is 4.90 Å². The van der Waals surface area contributed by atoms with Crippen LogP contribution in [-0.2, 0) is 16.6 Å². The molecule has 0 unspecified atom stereocenters. The molecule has 0 aliphatic rings. The Hall–Kier alpha value is -1.85. The minimum atomic E-state index is -3.49. The number of hydrogen-bond donors (Lipinski definition) is 1. The van der Waals surface area contributed by atoms with Crippen molar-refractivity contribution in [2.45, 2.75) is 56.9 Å². The van der Waals surface area contributed by atoms with Crippen LogP contribution in [0.3, 0.4) is 0 Å². The molecule has 5 heteroatoms. The van der Waals surface area contributed by atoms with Crippen molar-refractivity contribution in [2.24, 2.45) is 0 Å². The molecule has 0 fully saturated rings. The van der Waals surface area contributed by atoms with Crippen molar-refractivity contribution in [3.05, 3.63) is 60.2 Å². The molecule has 2 rings (SSSR count). The zero-order valence-electron chi connectivity index (χ0n) is 16.5. The van der Waals surface area contributed by atoms with Crippen LogP contribution in [0.1, 0.15) is 51.0 Å². The van der Waals surface area contributed by atoms with Crippen LogP contribution in [0.15, 0.2) is 59.5 Å². The number of unbranched alkanes of at least 4 members (excludes halogenated alkanes) is 5. The van der Waals surface area contributed by atoms with Gasteiger partial charge in [0.15, 0.2) is 0 Å². The third kappa shape index (κ3) is 7.00. The third-order valence-electron chi connectivity index (χ3n) is 4.67. The van der Waals surface area contributed by atoms with Crippen LogP contribution in [0.25, 0.3) is 0 Å². The zero-order chi connectivity index (χ0) is 19.5. The number of anilines is 1. The minimum absolute atomic E-state index is 0.325. The van der Waals surface area contributed by atoms with Gasteiger partial charge in [0.2, 0.25) is 10.0 Å². The van der Waals surface area contributed by atoms with Crippen molar-refractivity contribution in [3.63, 3.8) is 0 Å². The number of benzene rings is 2. The van der Waals surface area contributed by atoms with Crippen molar-refractivity contribution in [1.82, 2.24) is 4.31 Å². The van der Waals surface area contributed by atoms with Crippen LogP contribution >= 0.6 is 0 Å². The number of sulfonamides is 1. The maximum Gasteiger partial charge on any atom is 0.243 e. The summed E-state index contributed by atoms with van der Waals surface area (Å²) in [5.41, 5.74) is 1.94. The summed E-state index contributed by atoms with van der Waals surface area (Å²) in [7, 11) is -1.87. The Morgan fingerprint density at radius 3 is 2.15 bits per heavy atom. The van der Waals surface area contributed by atoms with Crippen LogP contribution in [0.2, 0.25) is 0 Å². The predicted molar refractivity (Wildman–Crippen MR) is 113 cm³/mol. The first-order chi connectivity index (χ1) is 13.0. The van der Waals surface area contributed by atoms with Crippen molar-refractivity contribution < 1.29 is 8.42 Å². The first kappa shape index (κ1) is 21.5. The summed E-state index contributed by atoms with van der Waals surface area (Å²) in [6, 6.07) is 16.7. The molecule has 0 radical (unpaired) electrons. The summed E-state index contributed by atoms with van der Waals surface area (Å²) >= 11 is 0. The highest BCUT2D eigenvalue weighted by atomic mass is 32.2. The van der Waals surface area contributed by atoms with E-state index in [-0.39, 0.29) is 0 Å². The smallest absolute Gasteiger partial charge is 0.243 e. The summed E-state index contributed by atoms with van der Waals surface area (Å²) in [5, 5.41) is 3.37. The van der Waals surface area contributed by atoms with Crippen molar-refractivity contribution in [3.8, 4) is 0 Å². The molecule has 1 N–H and O–H groups in total. The van der Waals surface area contributed by atoms with Crippen LogP contribution in [0.5, 0.6) is 0 Å². The van der Waals surface area contributed by atoms with Gasteiger partial charge in [0, 0.05) is 25.8 Å². The molecule has 0 aliphatic carbocycles. The summed E-state index contributed by atoms with van der Waals surface area (Å²) in [6.07, 6.45) is 7.59. The Labute approximate surface area is 164 Å². The lowest BCUT2D eigenvalue weighted by Gasteiger charge is -2.17. The van der Waals surface area contributed by atoms with E-state index in [1.54, 1.807) is 19.2 Å². The number of nitrogens with zero attached hydrogens (tertiary/aromatic N) is 1. The molecule has 2 aromatic rings. The maximum absolute atomic E-state index is 12.7. The third-order valence-corrected chi connectivity index (χ3v) is 6.49. The van der Waals surface area contributed by atoms with Crippen molar-refractivity contribution in [2.75, 3.05) is 18.9 Å². The average Bonchev–Trinajstić information content (AvgIpc) is 2.68. The summed E-state index contributed by atoms with van der Waals surface area (Å²) in [6.45, 7) is 3.51. The number of hydrogen-bond acceptors (Lipinski definition) is 3. The van der Waals surface area contributed by atoms with E-state index in [9.17, 15) is 8.42 Å². The lowest BCUT2D eigenvalue weighted by Crippen LogP contribution is -2.26. The Morgan fingerprint density at radius 1 is 0.852 bits per heavy atom. The van der Waals surface area contributed by atoms with Crippen LogP contribution in [-0.4, -0.2) is 26.3 Å². The van der Waals surface area contributed by atoms with Gasteiger partial charge in [-0.3, -0.25) is 0 Å². The zero-order valence-corrected chi connectivity index (χ0v) is 17.3. The van der Waals surface area contributed by atoms with Gasteiger partial charge in [0.1, 0.15) is 0 Å². The van der Waals surface area contributed by atoms with E-state index < -0.39 is 10.0 Å². The Balaban J connectivity index is 1.84. The SMILES string of the molecule is CCCCCCCCNc1ccc(S(=O)(=O)N(C)Cc2ccccc2)cc1.